The minimum Gasteiger partial charge on any atom is -0.309 e. The van der Waals surface area contributed by atoms with Gasteiger partial charge in [-0.15, -0.1) is 0 Å². The average molecular weight is 1050 g/mol. The largest absolute Gasteiger partial charge is 0.309 e. The molecule has 0 saturated carbocycles. The fourth-order valence-electron chi connectivity index (χ4n) is 13.3. The van der Waals surface area contributed by atoms with Crippen LogP contribution in [0, 0.1) is 0 Å². The molecule has 0 saturated heterocycles. The second-order valence-corrected chi connectivity index (χ2v) is 21.3. The van der Waals surface area contributed by atoms with Crippen LogP contribution in [0.25, 0.3) is 123 Å². The number of hydrogen-bond donors (Lipinski definition) is 0. The summed E-state index contributed by atoms with van der Waals surface area (Å²) in [7, 11) is 0. The number of hydrogen-bond acceptors (Lipinski definition) is 6. The molecule has 2 unspecified atom stereocenters. The van der Waals surface area contributed by atoms with Crippen molar-refractivity contribution in [3.8, 4) is 79.7 Å². The van der Waals surface area contributed by atoms with Crippen LogP contribution in [0.1, 0.15) is 45.2 Å². The van der Waals surface area contributed by atoms with Crippen molar-refractivity contribution in [1.29, 1.82) is 0 Å². The third-order valence-electron chi connectivity index (χ3n) is 16.8. The molecule has 3 aliphatic rings. The Morgan fingerprint density at radius 2 is 0.512 bits per heavy atom. The van der Waals surface area contributed by atoms with Crippen LogP contribution in [-0.4, -0.2) is 39.0 Å². The first-order chi connectivity index (χ1) is 40.7. The zero-order valence-corrected chi connectivity index (χ0v) is 44.1. The summed E-state index contributed by atoms with van der Waals surface area (Å²) in [6.45, 7) is 0. The third-order valence-corrected chi connectivity index (χ3v) is 16.8. The van der Waals surface area contributed by atoms with E-state index in [9.17, 15) is 0 Å². The predicted octanol–water partition coefficient (Wildman–Crippen LogP) is 17.2. The van der Waals surface area contributed by atoms with E-state index < -0.39 is 0 Å². The highest BCUT2D eigenvalue weighted by Gasteiger charge is 2.42. The van der Waals surface area contributed by atoms with Gasteiger partial charge < -0.3 is 9.13 Å². The van der Waals surface area contributed by atoms with Crippen LogP contribution >= 0.6 is 0 Å². The summed E-state index contributed by atoms with van der Waals surface area (Å²) >= 11 is 0. The SMILES string of the molecule is c1ccc(-c2nc(-c3ccc4c(c3)C3c5ccccc5C4c4cc(-c5nc(-c6ccccc6)nc(-c6ccccc6-n6c7ccccc7c7ccccc76)n5)ccc43)nc(-c3ccccc3-n3c4ccccc4c4ccccc43)n2)cc1. The maximum absolute atomic E-state index is 5.42. The second kappa shape index (κ2) is 18.3. The Balaban J connectivity index is 0.804. The number of aromatic nitrogens is 8. The van der Waals surface area contributed by atoms with E-state index in [-0.39, 0.29) is 11.8 Å². The fraction of sp³-hybridized carbons (Fsp3) is 0.0270. The Morgan fingerprint density at radius 3 is 0.902 bits per heavy atom. The summed E-state index contributed by atoms with van der Waals surface area (Å²) in [4.78, 5) is 32.0. The van der Waals surface area contributed by atoms with Crippen molar-refractivity contribution in [3.05, 3.63) is 300 Å². The van der Waals surface area contributed by atoms with Crippen LogP contribution in [0.4, 0.5) is 0 Å². The lowest BCUT2D eigenvalue weighted by molar-refractivity contribution is 0.754. The van der Waals surface area contributed by atoms with Crippen LogP contribution in [0.2, 0.25) is 0 Å². The number of fused-ring (bicyclic) bond motifs is 6. The van der Waals surface area contributed by atoms with E-state index in [1.165, 1.54) is 54.9 Å². The molecule has 8 nitrogen and oxygen atoms in total. The smallest absolute Gasteiger partial charge is 0.166 e. The lowest BCUT2D eigenvalue weighted by atomic mass is 9.61. The quantitative estimate of drug-likeness (QED) is 0.151. The zero-order chi connectivity index (χ0) is 53.8. The lowest BCUT2D eigenvalue weighted by Crippen LogP contribution is -2.27. The molecule has 0 N–H and O–H groups in total. The van der Waals surface area contributed by atoms with Crippen molar-refractivity contribution in [1.82, 2.24) is 39.0 Å². The Kier molecular flexibility index (Phi) is 10.3. The van der Waals surface area contributed by atoms with Gasteiger partial charge in [-0.25, -0.2) is 29.9 Å². The van der Waals surface area contributed by atoms with Gasteiger partial charge in [0.2, 0.25) is 0 Å². The summed E-state index contributed by atoms with van der Waals surface area (Å²) in [6, 6.07) is 94.5. The number of para-hydroxylation sites is 6. The number of nitrogens with zero attached hydrogens (tertiary/aromatic N) is 8. The highest BCUT2D eigenvalue weighted by molar-refractivity contribution is 6.11. The molecule has 3 aliphatic carbocycles. The van der Waals surface area contributed by atoms with Crippen molar-refractivity contribution < 1.29 is 0 Å². The first-order valence-corrected chi connectivity index (χ1v) is 27.8. The fourth-order valence-corrected chi connectivity index (χ4v) is 13.3. The zero-order valence-electron chi connectivity index (χ0n) is 44.1. The van der Waals surface area contributed by atoms with Gasteiger partial charge in [-0.2, -0.15) is 0 Å². The Hall–Kier alpha value is -11.0. The normalized spacial score (nSPS) is 14.1. The van der Waals surface area contributed by atoms with E-state index in [1.54, 1.807) is 0 Å². The highest BCUT2D eigenvalue weighted by Crippen LogP contribution is 2.57. The molecule has 382 valence electrons. The molecular weight excluding hydrogens is 1000 g/mol. The lowest BCUT2D eigenvalue weighted by Gasteiger charge is -2.42. The van der Waals surface area contributed by atoms with E-state index in [1.807, 2.05) is 36.4 Å². The Morgan fingerprint density at radius 1 is 0.220 bits per heavy atom. The van der Waals surface area contributed by atoms with Crippen LogP contribution in [0.3, 0.4) is 0 Å². The maximum atomic E-state index is 5.42. The van der Waals surface area contributed by atoms with Crippen LogP contribution in [0.5, 0.6) is 0 Å². The molecule has 2 atom stereocenters. The molecule has 0 radical (unpaired) electrons. The molecule has 0 spiro atoms. The van der Waals surface area contributed by atoms with Gasteiger partial charge >= 0.3 is 0 Å². The van der Waals surface area contributed by atoms with Gasteiger partial charge in [0.1, 0.15) is 0 Å². The number of benzene rings is 11. The monoisotopic (exact) mass is 1050 g/mol. The van der Waals surface area contributed by atoms with Crippen molar-refractivity contribution in [2.45, 2.75) is 11.8 Å². The summed E-state index contributed by atoms with van der Waals surface area (Å²) in [6.07, 6.45) is 0. The Bertz CT molecular complexity index is 4650. The van der Waals surface area contributed by atoms with Gasteiger partial charge in [0.15, 0.2) is 34.9 Å². The summed E-state index contributed by atoms with van der Waals surface area (Å²) in [5.74, 6) is 3.63. The van der Waals surface area contributed by atoms with Crippen LogP contribution < -0.4 is 0 Å². The average Bonchev–Trinajstić information content (AvgIpc) is 2.01. The highest BCUT2D eigenvalue weighted by atomic mass is 15.1. The molecule has 82 heavy (non-hydrogen) atoms. The minimum absolute atomic E-state index is 0.0296. The molecule has 18 rings (SSSR count). The summed E-state index contributed by atoms with van der Waals surface area (Å²) in [5.41, 5.74) is 19.7. The predicted molar refractivity (Wildman–Crippen MR) is 329 cm³/mol. The molecule has 8 heteroatoms. The Labute approximate surface area is 472 Å². The van der Waals surface area contributed by atoms with E-state index >= 15 is 0 Å². The molecule has 0 aliphatic heterocycles. The van der Waals surface area contributed by atoms with E-state index in [0.717, 1.165) is 66.8 Å². The van der Waals surface area contributed by atoms with Gasteiger partial charge in [-0.1, -0.05) is 206 Å². The van der Waals surface area contributed by atoms with Gasteiger partial charge in [0.05, 0.1) is 33.4 Å². The first kappa shape index (κ1) is 46.0. The summed E-state index contributed by atoms with van der Waals surface area (Å²) < 4.78 is 4.69. The second-order valence-electron chi connectivity index (χ2n) is 21.3. The molecule has 0 fully saturated rings. The van der Waals surface area contributed by atoms with E-state index in [2.05, 4.69) is 240 Å². The van der Waals surface area contributed by atoms with Gasteiger partial charge in [-0.3, -0.25) is 0 Å². The van der Waals surface area contributed by atoms with Crippen molar-refractivity contribution in [2.24, 2.45) is 0 Å². The minimum atomic E-state index is -0.0296. The number of rotatable bonds is 8. The van der Waals surface area contributed by atoms with Gasteiger partial charge in [-0.05, 0) is 94.0 Å². The van der Waals surface area contributed by atoms with Gasteiger partial charge in [0.25, 0.3) is 0 Å². The molecule has 2 bridgehead atoms. The molecular formula is C74H46N8. The molecule has 4 heterocycles. The molecule has 11 aromatic carbocycles. The first-order valence-electron chi connectivity index (χ1n) is 27.8. The maximum Gasteiger partial charge on any atom is 0.166 e. The molecule has 15 aromatic rings. The van der Waals surface area contributed by atoms with E-state index in [0.29, 0.717) is 34.9 Å². The summed E-state index contributed by atoms with van der Waals surface area (Å²) in [5, 5.41) is 4.79. The standard InChI is InChI=1S/C74H46N8/c1-3-21-45(22-4-1)69-75-71(79-73(77-69)57-31-13-19-37-65(57)81-61-33-15-9-25-49(61)50-26-10-16-34-62(50)81)47-39-41-55-59(43-47)67-53-29-7-8-30-54(53)68(55)60-44-48(40-42-56(60)67)72-76-70(46-23-5-2-6-24-46)78-74(80-72)58-32-14-20-38-66(58)82-63-35-17-11-27-51(63)52-28-12-18-36-64(52)82/h1-44,67-68H. The van der Waals surface area contributed by atoms with Crippen LogP contribution in [0.15, 0.2) is 267 Å². The van der Waals surface area contributed by atoms with Gasteiger partial charge in [0, 0.05) is 66.8 Å². The van der Waals surface area contributed by atoms with E-state index in [4.69, 9.17) is 29.9 Å². The topological polar surface area (TPSA) is 87.2 Å². The van der Waals surface area contributed by atoms with Crippen molar-refractivity contribution in [3.63, 3.8) is 0 Å². The van der Waals surface area contributed by atoms with Crippen molar-refractivity contribution in [2.75, 3.05) is 0 Å². The van der Waals surface area contributed by atoms with Crippen LogP contribution in [-0.2, 0) is 0 Å². The molecule has 0 amide bonds. The molecule has 4 aromatic heterocycles. The van der Waals surface area contributed by atoms with Crippen molar-refractivity contribution >= 4 is 43.6 Å². The third kappa shape index (κ3) is 7.11.